The predicted molar refractivity (Wildman–Crippen MR) is 81.1 cm³/mol. The molecule has 0 heterocycles. The first-order valence-corrected chi connectivity index (χ1v) is 7.79. The molecule has 3 rings (SSSR count). The van der Waals surface area contributed by atoms with E-state index in [1.165, 1.54) is 5.56 Å². The summed E-state index contributed by atoms with van der Waals surface area (Å²) in [5.74, 6) is 1.36. The van der Waals surface area contributed by atoms with Crippen LogP contribution in [-0.4, -0.2) is 10.2 Å². The fourth-order valence-corrected chi connectivity index (χ4v) is 4.67. The van der Waals surface area contributed by atoms with E-state index in [4.69, 9.17) is 0 Å². The Balaban J connectivity index is 2.24. The molecule has 0 aliphatic heterocycles. The number of phenolic OH excluding ortho intramolecular Hbond substituents is 2. The van der Waals surface area contributed by atoms with Crippen molar-refractivity contribution in [1.82, 2.24) is 0 Å². The second kappa shape index (κ2) is 4.83. The molecule has 2 heteroatoms. The fourth-order valence-electron chi connectivity index (χ4n) is 4.67. The van der Waals surface area contributed by atoms with Gasteiger partial charge in [0.2, 0.25) is 0 Å². The average Bonchev–Trinajstić information content (AvgIpc) is 2.43. The van der Waals surface area contributed by atoms with Gasteiger partial charge in [-0.25, -0.2) is 0 Å². The number of allylic oxidation sites excluding steroid dienone is 2. The van der Waals surface area contributed by atoms with Crippen molar-refractivity contribution < 1.29 is 10.2 Å². The third-order valence-electron chi connectivity index (χ3n) is 5.41. The minimum absolute atomic E-state index is 0.0132. The van der Waals surface area contributed by atoms with Gasteiger partial charge in [-0.3, -0.25) is 0 Å². The first-order valence-electron chi connectivity index (χ1n) is 7.79. The predicted octanol–water partition coefficient (Wildman–Crippen LogP) is 4.29. The van der Waals surface area contributed by atoms with Crippen LogP contribution in [0, 0.1) is 11.8 Å². The van der Waals surface area contributed by atoms with E-state index in [0.29, 0.717) is 11.8 Å². The van der Waals surface area contributed by atoms with Crippen LogP contribution in [0.1, 0.15) is 50.7 Å². The highest BCUT2D eigenvalue weighted by Gasteiger charge is 2.48. The van der Waals surface area contributed by atoms with Gasteiger partial charge in [0.1, 0.15) is 0 Å². The maximum Gasteiger partial charge on any atom is 0.161 e. The molecule has 0 bridgehead atoms. The lowest BCUT2D eigenvalue weighted by molar-refractivity contribution is 0.147. The van der Waals surface area contributed by atoms with Crippen LogP contribution in [0.3, 0.4) is 0 Å². The van der Waals surface area contributed by atoms with Crippen LogP contribution in [0.4, 0.5) is 0 Å². The van der Waals surface area contributed by atoms with Crippen LogP contribution in [0.25, 0.3) is 0 Å². The summed E-state index contributed by atoms with van der Waals surface area (Å²) in [5.41, 5.74) is 2.28. The van der Waals surface area contributed by atoms with Crippen LogP contribution >= 0.6 is 0 Å². The lowest BCUT2D eigenvalue weighted by atomic mass is 9.54. The van der Waals surface area contributed by atoms with Crippen molar-refractivity contribution in [2.75, 3.05) is 0 Å². The molecule has 0 fully saturated rings. The molecule has 3 atom stereocenters. The summed E-state index contributed by atoms with van der Waals surface area (Å²) in [6.45, 7) is 4.55. The van der Waals surface area contributed by atoms with Gasteiger partial charge in [-0.05, 0) is 49.1 Å². The summed E-state index contributed by atoms with van der Waals surface area (Å²) in [6.07, 6.45) is 9.82. The Labute approximate surface area is 121 Å². The zero-order chi connectivity index (χ0) is 14.3. The van der Waals surface area contributed by atoms with Gasteiger partial charge in [-0.15, -0.1) is 0 Å². The van der Waals surface area contributed by atoms with E-state index in [2.05, 4.69) is 26.0 Å². The molecule has 20 heavy (non-hydrogen) atoms. The van der Waals surface area contributed by atoms with Gasteiger partial charge in [0.15, 0.2) is 11.5 Å². The summed E-state index contributed by atoms with van der Waals surface area (Å²) < 4.78 is 0. The van der Waals surface area contributed by atoms with Crippen LogP contribution in [0.5, 0.6) is 11.5 Å². The van der Waals surface area contributed by atoms with Gasteiger partial charge in [0.05, 0.1) is 0 Å². The number of benzene rings is 1. The second-order valence-electron chi connectivity index (χ2n) is 6.57. The smallest absolute Gasteiger partial charge is 0.161 e. The molecular formula is C18H24O2. The molecule has 0 saturated heterocycles. The van der Waals surface area contributed by atoms with Gasteiger partial charge in [0.25, 0.3) is 0 Å². The van der Waals surface area contributed by atoms with Crippen molar-refractivity contribution in [1.29, 1.82) is 0 Å². The summed E-state index contributed by atoms with van der Waals surface area (Å²) in [4.78, 5) is 0. The van der Waals surface area contributed by atoms with Crippen molar-refractivity contribution in [3.05, 3.63) is 35.4 Å². The molecular weight excluding hydrogens is 248 g/mol. The molecule has 2 aliphatic carbocycles. The molecule has 0 saturated carbocycles. The van der Waals surface area contributed by atoms with Gasteiger partial charge in [-0.1, -0.05) is 38.5 Å². The molecule has 2 aliphatic rings. The third-order valence-corrected chi connectivity index (χ3v) is 5.41. The first kappa shape index (κ1) is 13.5. The fraction of sp³-hybridized carbons (Fsp3) is 0.556. The van der Waals surface area contributed by atoms with E-state index in [1.807, 2.05) is 6.07 Å². The Morgan fingerprint density at radius 2 is 2.05 bits per heavy atom. The SMILES string of the molecule is CCCC12CC=CCC1C(C)Cc1ccc(O)c(O)c12. The number of hydrogen-bond acceptors (Lipinski definition) is 2. The number of hydrogen-bond donors (Lipinski definition) is 2. The van der Waals surface area contributed by atoms with Crippen LogP contribution in [0.15, 0.2) is 24.3 Å². The highest BCUT2D eigenvalue weighted by Crippen LogP contribution is 2.56. The van der Waals surface area contributed by atoms with E-state index in [9.17, 15) is 10.2 Å². The summed E-state index contributed by atoms with van der Waals surface area (Å²) in [7, 11) is 0. The van der Waals surface area contributed by atoms with E-state index in [0.717, 1.165) is 37.7 Å². The molecule has 0 radical (unpaired) electrons. The number of aromatic hydroxyl groups is 2. The lowest BCUT2D eigenvalue weighted by Crippen LogP contribution is -2.44. The number of rotatable bonds is 2. The average molecular weight is 272 g/mol. The maximum absolute atomic E-state index is 10.5. The Bertz CT molecular complexity index is 547. The minimum atomic E-state index is 0.0132. The van der Waals surface area contributed by atoms with Crippen molar-refractivity contribution in [3.8, 4) is 11.5 Å². The van der Waals surface area contributed by atoms with Gasteiger partial charge in [-0.2, -0.15) is 0 Å². The first-order chi connectivity index (χ1) is 9.60. The Morgan fingerprint density at radius 1 is 1.25 bits per heavy atom. The topological polar surface area (TPSA) is 40.5 Å². The summed E-state index contributed by atoms with van der Waals surface area (Å²) in [6, 6.07) is 3.65. The Hall–Kier alpha value is -1.44. The van der Waals surface area contributed by atoms with E-state index in [-0.39, 0.29) is 16.9 Å². The largest absolute Gasteiger partial charge is 0.504 e. The quantitative estimate of drug-likeness (QED) is 0.622. The molecule has 0 amide bonds. The van der Waals surface area contributed by atoms with Gasteiger partial charge < -0.3 is 10.2 Å². The standard InChI is InChI=1S/C18H24O2/c1-3-9-18-10-5-4-6-14(18)12(2)11-13-7-8-15(19)17(20)16(13)18/h4-5,7-8,12,14,19-20H,3,6,9-11H2,1-2H3. The van der Waals surface area contributed by atoms with Crippen molar-refractivity contribution in [2.24, 2.45) is 11.8 Å². The Kier molecular flexibility index (Phi) is 3.27. The molecule has 1 aromatic carbocycles. The number of fused-ring (bicyclic) bond motifs is 3. The van der Waals surface area contributed by atoms with Crippen LogP contribution in [-0.2, 0) is 11.8 Å². The summed E-state index contributed by atoms with van der Waals surface area (Å²) >= 11 is 0. The van der Waals surface area contributed by atoms with Crippen LogP contribution < -0.4 is 0 Å². The lowest BCUT2D eigenvalue weighted by Gasteiger charge is -2.50. The monoisotopic (exact) mass is 272 g/mol. The van der Waals surface area contributed by atoms with Crippen molar-refractivity contribution in [3.63, 3.8) is 0 Å². The molecule has 1 aromatic rings. The minimum Gasteiger partial charge on any atom is -0.504 e. The molecule has 3 unspecified atom stereocenters. The normalized spacial score (nSPS) is 31.7. The zero-order valence-corrected chi connectivity index (χ0v) is 12.4. The van der Waals surface area contributed by atoms with Crippen molar-refractivity contribution >= 4 is 0 Å². The number of phenols is 2. The maximum atomic E-state index is 10.5. The zero-order valence-electron chi connectivity index (χ0n) is 12.4. The third kappa shape index (κ3) is 1.77. The van der Waals surface area contributed by atoms with Crippen molar-refractivity contribution in [2.45, 2.75) is 51.4 Å². The molecule has 2 N–H and O–H groups in total. The Morgan fingerprint density at radius 3 is 2.80 bits per heavy atom. The van der Waals surface area contributed by atoms with E-state index in [1.54, 1.807) is 6.07 Å². The van der Waals surface area contributed by atoms with Gasteiger partial charge in [0, 0.05) is 11.0 Å². The molecule has 2 nitrogen and oxygen atoms in total. The highest BCUT2D eigenvalue weighted by atomic mass is 16.3. The summed E-state index contributed by atoms with van der Waals surface area (Å²) in [5, 5.41) is 20.4. The van der Waals surface area contributed by atoms with E-state index >= 15 is 0 Å². The highest BCUT2D eigenvalue weighted by molar-refractivity contribution is 5.55. The van der Waals surface area contributed by atoms with E-state index < -0.39 is 0 Å². The molecule has 108 valence electrons. The van der Waals surface area contributed by atoms with Crippen LogP contribution in [0.2, 0.25) is 0 Å². The van der Waals surface area contributed by atoms with Gasteiger partial charge >= 0.3 is 0 Å². The second-order valence-corrected chi connectivity index (χ2v) is 6.57. The molecule has 0 spiro atoms. The molecule has 0 aromatic heterocycles.